The number of ether oxygens (including phenoxy) is 1. The average molecular weight is 302 g/mol. The second kappa shape index (κ2) is 6.83. The van der Waals surface area contributed by atoms with Gasteiger partial charge in [0.2, 0.25) is 0 Å². The van der Waals surface area contributed by atoms with Crippen molar-refractivity contribution in [2.45, 2.75) is 45.7 Å². The molecule has 1 fully saturated rings. The van der Waals surface area contributed by atoms with E-state index in [1.54, 1.807) is 6.07 Å². The third-order valence-electron chi connectivity index (χ3n) is 3.45. The van der Waals surface area contributed by atoms with E-state index < -0.39 is 0 Å². The standard InChI is InChI=1S/C15H21Cl2NO/c1-3-10(2)9-19-15-11(8-18-13-4-5-13)6-12(16)7-14(15)17/h6-7,10,13,18H,3-5,8-9H2,1-2H3. The van der Waals surface area contributed by atoms with Crippen LogP contribution in [0.4, 0.5) is 0 Å². The fourth-order valence-electron chi connectivity index (χ4n) is 1.79. The predicted molar refractivity (Wildman–Crippen MR) is 81.3 cm³/mol. The van der Waals surface area contributed by atoms with Gasteiger partial charge in [0, 0.05) is 23.2 Å². The Bertz CT molecular complexity index is 432. The fraction of sp³-hybridized carbons (Fsp3) is 0.600. The van der Waals surface area contributed by atoms with Gasteiger partial charge in [0.25, 0.3) is 0 Å². The summed E-state index contributed by atoms with van der Waals surface area (Å²) in [5.41, 5.74) is 1.05. The van der Waals surface area contributed by atoms with E-state index in [1.807, 2.05) is 6.07 Å². The molecule has 0 bridgehead atoms. The molecular formula is C15H21Cl2NO. The van der Waals surface area contributed by atoms with E-state index >= 15 is 0 Å². The van der Waals surface area contributed by atoms with Crippen LogP contribution < -0.4 is 10.1 Å². The Labute approximate surface area is 125 Å². The lowest BCUT2D eigenvalue weighted by Crippen LogP contribution is -2.17. The molecule has 106 valence electrons. The molecule has 0 saturated heterocycles. The van der Waals surface area contributed by atoms with Crippen LogP contribution in [0.1, 0.15) is 38.7 Å². The zero-order valence-electron chi connectivity index (χ0n) is 11.5. The predicted octanol–water partition coefficient (Wildman–Crippen LogP) is 4.67. The van der Waals surface area contributed by atoms with E-state index in [4.69, 9.17) is 27.9 Å². The van der Waals surface area contributed by atoms with E-state index in [-0.39, 0.29) is 0 Å². The molecule has 1 aromatic carbocycles. The van der Waals surface area contributed by atoms with Crippen molar-refractivity contribution in [1.29, 1.82) is 0 Å². The molecule has 1 aliphatic rings. The Morgan fingerprint density at radius 3 is 2.74 bits per heavy atom. The van der Waals surface area contributed by atoms with Crippen molar-refractivity contribution in [1.82, 2.24) is 5.32 Å². The molecule has 0 spiro atoms. The zero-order chi connectivity index (χ0) is 13.8. The molecule has 0 aliphatic heterocycles. The largest absolute Gasteiger partial charge is 0.491 e. The molecule has 2 rings (SSSR count). The minimum Gasteiger partial charge on any atom is -0.491 e. The van der Waals surface area contributed by atoms with Crippen LogP contribution in [0.15, 0.2) is 12.1 Å². The van der Waals surface area contributed by atoms with Crippen molar-refractivity contribution in [3.05, 3.63) is 27.7 Å². The zero-order valence-corrected chi connectivity index (χ0v) is 13.0. The summed E-state index contributed by atoms with van der Waals surface area (Å²) in [6.07, 6.45) is 3.62. The van der Waals surface area contributed by atoms with Crippen molar-refractivity contribution in [2.24, 2.45) is 5.92 Å². The second-order valence-corrected chi connectivity index (χ2v) is 6.20. The molecule has 0 radical (unpaired) electrons. The number of rotatable bonds is 7. The molecule has 1 aliphatic carbocycles. The maximum atomic E-state index is 6.26. The number of nitrogens with one attached hydrogen (secondary N) is 1. The van der Waals surface area contributed by atoms with Crippen LogP contribution in [0.5, 0.6) is 5.75 Å². The van der Waals surface area contributed by atoms with Crippen molar-refractivity contribution in [3.63, 3.8) is 0 Å². The summed E-state index contributed by atoms with van der Waals surface area (Å²) in [5.74, 6) is 1.30. The highest BCUT2D eigenvalue weighted by Crippen LogP contribution is 2.33. The Kier molecular flexibility index (Phi) is 5.37. The number of hydrogen-bond acceptors (Lipinski definition) is 2. The van der Waals surface area contributed by atoms with E-state index in [1.165, 1.54) is 12.8 Å². The maximum absolute atomic E-state index is 6.26. The highest BCUT2D eigenvalue weighted by atomic mass is 35.5. The van der Waals surface area contributed by atoms with E-state index in [0.717, 1.165) is 24.3 Å². The van der Waals surface area contributed by atoms with Crippen molar-refractivity contribution in [2.75, 3.05) is 6.61 Å². The van der Waals surface area contributed by atoms with Crippen LogP contribution >= 0.6 is 23.2 Å². The molecule has 19 heavy (non-hydrogen) atoms. The van der Waals surface area contributed by atoms with E-state index in [9.17, 15) is 0 Å². The average Bonchev–Trinajstić information content (AvgIpc) is 3.18. The first-order valence-corrected chi connectivity index (χ1v) is 7.69. The SMILES string of the molecule is CCC(C)COc1c(Cl)cc(Cl)cc1CNC1CC1. The van der Waals surface area contributed by atoms with Gasteiger partial charge in [-0.3, -0.25) is 0 Å². The van der Waals surface area contributed by atoms with Gasteiger partial charge in [0.05, 0.1) is 11.6 Å². The Hall–Kier alpha value is -0.440. The van der Waals surface area contributed by atoms with Crippen LogP contribution in [0, 0.1) is 5.92 Å². The van der Waals surface area contributed by atoms with E-state index in [2.05, 4.69) is 19.2 Å². The van der Waals surface area contributed by atoms with Gasteiger partial charge in [0.15, 0.2) is 0 Å². The lowest BCUT2D eigenvalue weighted by molar-refractivity contribution is 0.254. The molecule has 0 amide bonds. The van der Waals surface area contributed by atoms with Crippen LogP contribution in [-0.4, -0.2) is 12.6 Å². The van der Waals surface area contributed by atoms with Crippen LogP contribution in [0.3, 0.4) is 0 Å². The van der Waals surface area contributed by atoms with Crippen LogP contribution in [0.2, 0.25) is 10.0 Å². The number of hydrogen-bond donors (Lipinski definition) is 1. The maximum Gasteiger partial charge on any atom is 0.142 e. The van der Waals surface area contributed by atoms with Gasteiger partial charge in [-0.1, -0.05) is 43.5 Å². The van der Waals surface area contributed by atoms with Crippen molar-refractivity contribution < 1.29 is 4.74 Å². The summed E-state index contributed by atoms with van der Waals surface area (Å²) < 4.78 is 5.90. The van der Waals surface area contributed by atoms with Gasteiger partial charge in [0.1, 0.15) is 5.75 Å². The first kappa shape index (κ1) is 15.0. The topological polar surface area (TPSA) is 21.3 Å². The van der Waals surface area contributed by atoms with Crippen LogP contribution in [0.25, 0.3) is 0 Å². The van der Waals surface area contributed by atoms with E-state index in [0.29, 0.717) is 28.6 Å². The summed E-state index contributed by atoms with van der Waals surface area (Å²) in [4.78, 5) is 0. The van der Waals surface area contributed by atoms with Crippen LogP contribution in [-0.2, 0) is 6.54 Å². The Balaban J connectivity index is 2.08. The van der Waals surface area contributed by atoms with Gasteiger partial charge in [-0.2, -0.15) is 0 Å². The lowest BCUT2D eigenvalue weighted by atomic mass is 10.1. The second-order valence-electron chi connectivity index (χ2n) is 5.36. The fourth-order valence-corrected chi connectivity index (χ4v) is 2.38. The molecule has 1 aromatic rings. The normalized spacial score (nSPS) is 16.4. The first-order valence-electron chi connectivity index (χ1n) is 6.94. The molecule has 1 atom stereocenters. The summed E-state index contributed by atoms with van der Waals surface area (Å²) >= 11 is 12.3. The Morgan fingerprint density at radius 1 is 1.37 bits per heavy atom. The molecule has 1 N–H and O–H groups in total. The molecule has 4 heteroatoms. The van der Waals surface area contributed by atoms with Gasteiger partial charge < -0.3 is 10.1 Å². The van der Waals surface area contributed by atoms with Gasteiger partial charge in [-0.15, -0.1) is 0 Å². The molecular weight excluding hydrogens is 281 g/mol. The molecule has 2 nitrogen and oxygen atoms in total. The summed E-state index contributed by atoms with van der Waals surface area (Å²) in [5, 5.41) is 4.73. The summed E-state index contributed by atoms with van der Waals surface area (Å²) in [7, 11) is 0. The smallest absolute Gasteiger partial charge is 0.142 e. The highest BCUT2D eigenvalue weighted by Gasteiger charge is 2.21. The number of benzene rings is 1. The summed E-state index contributed by atoms with van der Waals surface area (Å²) in [6.45, 7) is 5.79. The first-order chi connectivity index (χ1) is 9.10. The van der Waals surface area contributed by atoms with Gasteiger partial charge in [-0.05, 0) is 30.9 Å². The molecule has 1 unspecified atom stereocenters. The quantitative estimate of drug-likeness (QED) is 0.790. The molecule has 0 aromatic heterocycles. The highest BCUT2D eigenvalue weighted by molar-refractivity contribution is 6.35. The third-order valence-corrected chi connectivity index (χ3v) is 3.95. The lowest BCUT2D eigenvalue weighted by Gasteiger charge is -2.16. The van der Waals surface area contributed by atoms with Crippen molar-refractivity contribution in [3.8, 4) is 5.75 Å². The number of halogens is 2. The van der Waals surface area contributed by atoms with Gasteiger partial charge in [-0.25, -0.2) is 0 Å². The Morgan fingerprint density at radius 2 is 2.11 bits per heavy atom. The minimum atomic E-state index is 0.524. The third kappa shape index (κ3) is 4.55. The molecule has 0 heterocycles. The summed E-state index contributed by atoms with van der Waals surface area (Å²) in [6, 6.07) is 4.34. The molecule has 1 saturated carbocycles. The van der Waals surface area contributed by atoms with Crippen molar-refractivity contribution >= 4 is 23.2 Å². The van der Waals surface area contributed by atoms with Gasteiger partial charge >= 0.3 is 0 Å². The monoisotopic (exact) mass is 301 g/mol. The minimum absolute atomic E-state index is 0.524.